The molecule has 2 heterocycles. The van der Waals surface area contributed by atoms with Gasteiger partial charge in [-0.1, -0.05) is 60.7 Å². The number of halogens is 3. The molecule has 0 fully saturated rings. The van der Waals surface area contributed by atoms with Crippen LogP contribution in [-0.2, 0) is 49.7 Å². The fraction of sp³-hybridized carbons (Fsp3) is 0.324. The molecule has 1 aromatic heterocycles. The van der Waals surface area contributed by atoms with Crippen LogP contribution in [0, 0.1) is 0 Å². The van der Waals surface area contributed by atoms with Crippen molar-refractivity contribution in [3.8, 4) is 16.9 Å². The third kappa shape index (κ3) is 9.70. The number of thiophene rings is 1. The SMILES string of the molecule is CC(C)(C)OC(=O)CC(NCC(=O)OCc1ccccc1)C(=O)N1CCc2cc(OCc3cc(-c4ccccc4)c(C(F)(F)F)s3)ccc21. The first-order chi connectivity index (χ1) is 23.3. The van der Waals surface area contributed by atoms with Crippen molar-refractivity contribution in [3.05, 3.63) is 106 Å². The number of nitrogens with zero attached hydrogens (tertiary/aromatic N) is 1. The van der Waals surface area contributed by atoms with Crippen molar-refractivity contribution >= 4 is 34.9 Å². The van der Waals surface area contributed by atoms with Gasteiger partial charge in [-0.3, -0.25) is 19.7 Å². The minimum absolute atomic E-state index is 0.0652. The van der Waals surface area contributed by atoms with Gasteiger partial charge in [0.2, 0.25) is 5.91 Å². The third-order valence-corrected chi connectivity index (χ3v) is 8.70. The van der Waals surface area contributed by atoms with E-state index in [-0.39, 0.29) is 31.7 Å². The van der Waals surface area contributed by atoms with Crippen LogP contribution in [-0.4, -0.2) is 42.6 Å². The van der Waals surface area contributed by atoms with Crippen molar-refractivity contribution in [3.63, 3.8) is 0 Å². The predicted octanol–water partition coefficient (Wildman–Crippen LogP) is 7.34. The Hall–Kier alpha value is -4.68. The van der Waals surface area contributed by atoms with Crippen molar-refractivity contribution < 1.29 is 41.8 Å². The molecule has 8 nitrogen and oxygen atoms in total. The summed E-state index contributed by atoms with van der Waals surface area (Å²) in [6.45, 7) is 5.20. The Kier molecular flexibility index (Phi) is 11.1. The van der Waals surface area contributed by atoms with Crippen LogP contribution in [0.5, 0.6) is 5.75 Å². The molecule has 0 spiro atoms. The molecule has 5 rings (SSSR count). The Bertz CT molecular complexity index is 1770. The van der Waals surface area contributed by atoms with Crippen LogP contribution in [0.25, 0.3) is 11.1 Å². The van der Waals surface area contributed by atoms with Gasteiger partial charge < -0.3 is 19.1 Å². The number of anilines is 1. The molecule has 49 heavy (non-hydrogen) atoms. The molecule has 0 aliphatic carbocycles. The number of hydrogen-bond acceptors (Lipinski definition) is 8. The lowest BCUT2D eigenvalue weighted by Gasteiger charge is -2.26. The Morgan fingerprint density at radius 1 is 0.898 bits per heavy atom. The van der Waals surface area contributed by atoms with E-state index >= 15 is 0 Å². The largest absolute Gasteiger partial charge is 0.488 e. The number of ether oxygens (including phenoxy) is 3. The summed E-state index contributed by atoms with van der Waals surface area (Å²) in [7, 11) is 0. The maximum absolute atomic E-state index is 13.8. The molecular formula is C37H37F3N2O6S. The van der Waals surface area contributed by atoms with E-state index < -0.39 is 40.5 Å². The van der Waals surface area contributed by atoms with Gasteiger partial charge in [0.05, 0.1) is 19.0 Å². The summed E-state index contributed by atoms with van der Waals surface area (Å²) in [5.74, 6) is -1.16. The summed E-state index contributed by atoms with van der Waals surface area (Å²) in [5.41, 5.74) is 2.05. The van der Waals surface area contributed by atoms with E-state index in [2.05, 4.69) is 5.32 Å². The van der Waals surface area contributed by atoms with Crippen molar-refractivity contribution in [1.82, 2.24) is 5.32 Å². The number of carbonyl (C=O) groups excluding carboxylic acids is 3. The standard InChI is InChI=1S/C37H37F3N2O6S/c1-36(2,3)48-32(43)20-30(41-21-33(44)47-22-24-10-6-4-7-11-24)35(45)42-17-16-26-18-27(14-15-31(26)42)46-23-28-19-29(25-12-8-5-9-13-25)34(49-28)37(38,39)40/h4-15,18-19,30,41H,16-17,20-23H2,1-3H3. The average molecular weight is 695 g/mol. The third-order valence-electron chi connectivity index (χ3n) is 7.54. The Morgan fingerprint density at radius 2 is 1.59 bits per heavy atom. The molecule has 0 saturated carbocycles. The van der Waals surface area contributed by atoms with Crippen molar-refractivity contribution in [2.24, 2.45) is 0 Å². The normalized spacial score (nSPS) is 13.5. The molecule has 1 unspecified atom stereocenters. The van der Waals surface area contributed by atoms with Gasteiger partial charge in [0.15, 0.2) is 0 Å². The number of hydrogen-bond donors (Lipinski definition) is 1. The van der Waals surface area contributed by atoms with Crippen LogP contribution in [0.2, 0.25) is 0 Å². The molecule has 1 atom stereocenters. The van der Waals surface area contributed by atoms with Crippen LogP contribution in [0.15, 0.2) is 84.9 Å². The highest BCUT2D eigenvalue weighted by atomic mass is 32.1. The van der Waals surface area contributed by atoms with Crippen LogP contribution >= 0.6 is 11.3 Å². The topological polar surface area (TPSA) is 94.2 Å². The first kappa shape index (κ1) is 35.6. The van der Waals surface area contributed by atoms with E-state index in [9.17, 15) is 27.6 Å². The summed E-state index contributed by atoms with van der Waals surface area (Å²) in [6.07, 6.45) is -4.32. The maximum Gasteiger partial charge on any atom is 0.426 e. The van der Waals surface area contributed by atoms with Gasteiger partial charge in [0.1, 0.15) is 29.4 Å². The zero-order valence-corrected chi connectivity index (χ0v) is 28.2. The van der Waals surface area contributed by atoms with Gasteiger partial charge in [0, 0.05) is 22.7 Å². The van der Waals surface area contributed by atoms with Gasteiger partial charge in [-0.25, -0.2) is 0 Å². The first-order valence-corrected chi connectivity index (χ1v) is 16.6. The van der Waals surface area contributed by atoms with Gasteiger partial charge in [-0.15, -0.1) is 11.3 Å². The summed E-state index contributed by atoms with van der Waals surface area (Å²) in [6, 6.07) is 23.1. The average Bonchev–Trinajstić information content (AvgIpc) is 3.69. The molecule has 4 aromatic rings. The molecular weight excluding hydrogens is 657 g/mol. The zero-order chi connectivity index (χ0) is 35.2. The van der Waals surface area contributed by atoms with E-state index in [0.29, 0.717) is 46.2 Å². The quantitative estimate of drug-likeness (QED) is 0.155. The number of benzene rings is 3. The second kappa shape index (κ2) is 15.3. The number of esters is 2. The van der Waals surface area contributed by atoms with E-state index in [1.165, 1.54) is 11.0 Å². The molecule has 0 saturated heterocycles. The number of alkyl halides is 3. The van der Waals surface area contributed by atoms with E-state index in [1.54, 1.807) is 69.3 Å². The van der Waals surface area contributed by atoms with Gasteiger partial charge in [-0.05, 0) is 68.1 Å². The Balaban J connectivity index is 1.25. The predicted molar refractivity (Wildman–Crippen MR) is 180 cm³/mol. The molecule has 12 heteroatoms. The summed E-state index contributed by atoms with van der Waals surface area (Å²) >= 11 is 0.649. The fourth-order valence-electron chi connectivity index (χ4n) is 5.39. The number of carbonyl (C=O) groups is 3. The molecule has 0 radical (unpaired) electrons. The zero-order valence-electron chi connectivity index (χ0n) is 27.3. The highest BCUT2D eigenvalue weighted by Gasteiger charge is 2.37. The van der Waals surface area contributed by atoms with Crippen LogP contribution in [0.3, 0.4) is 0 Å². The van der Waals surface area contributed by atoms with Crippen molar-refractivity contribution in [2.45, 2.75) is 64.6 Å². The highest BCUT2D eigenvalue weighted by molar-refractivity contribution is 7.12. The van der Waals surface area contributed by atoms with Gasteiger partial charge >= 0.3 is 18.1 Å². The molecule has 1 amide bonds. The lowest BCUT2D eigenvalue weighted by Crippen LogP contribution is -2.49. The minimum Gasteiger partial charge on any atom is -0.488 e. The summed E-state index contributed by atoms with van der Waals surface area (Å²) < 4.78 is 58.2. The van der Waals surface area contributed by atoms with E-state index in [0.717, 1.165) is 11.1 Å². The van der Waals surface area contributed by atoms with E-state index in [1.807, 2.05) is 30.3 Å². The molecule has 0 bridgehead atoms. The fourth-order valence-corrected chi connectivity index (χ4v) is 6.35. The number of rotatable bonds is 12. The first-order valence-electron chi connectivity index (χ1n) is 15.7. The van der Waals surface area contributed by atoms with E-state index in [4.69, 9.17) is 14.2 Å². The molecule has 258 valence electrons. The lowest BCUT2D eigenvalue weighted by molar-refractivity contribution is -0.156. The summed E-state index contributed by atoms with van der Waals surface area (Å²) in [4.78, 5) is 40.4. The van der Waals surface area contributed by atoms with Crippen LogP contribution in [0.4, 0.5) is 18.9 Å². The van der Waals surface area contributed by atoms with Crippen molar-refractivity contribution in [1.29, 1.82) is 0 Å². The maximum atomic E-state index is 13.8. The number of fused-ring (bicyclic) bond motifs is 1. The Labute approximate surface area is 286 Å². The number of amides is 1. The molecule has 1 aliphatic rings. The lowest BCUT2D eigenvalue weighted by atomic mass is 10.1. The molecule has 1 N–H and O–H groups in total. The highest BCUT2D eigenvalue weighted by Crippen LogP contribution is 2.43. The van der Waals surface area contributed by atoms with Crippen LogP contribution in [0.1, 0.15) is 48.1 Å². The van der Waals surface area contributed by atoms with Crippen LogP contribution < -0.4 is 15.0 Å². The molecule has 1 aliphatic heterocycles. The second-order valence-electron chi connectivity index (χ2n) is 12.5. The Morgan fingerprint density at radius 3 is 2.27 bits per heavy atom. The minimum atomic E-state index is -4.50. The van der Waals surface area contributed by atoms with Gasteiger partial charge in [0.25, 0.3) is 0 Å². The summed E-state index contributed by atoms with van der Waals surface area (Å²) in [5, 5.41) is 2.89. The monoisotopic (exact) mass is 694 g/mol. The number of nitrogens with one attached hydrogen (secondary N) is 1. The van der Waals surface area contributed by atoms with Gasteiger partial charge in [-0.2, -0.15) is 13.2 Å². The van der Waals surface area contributed by atoms with Crippen molar-refractivity contribution in [2.75, 3.05) is 18.0 Å². The molecule has 3 aromatic carbocycles. The smallest absolute Gasteiger partial charge is 0.426 e. The second-order valence-corrected chi connectivity index (χ2v) is 13.6.